The number of hydrogen-bond acceptors (Lipinski definition) is 3. The molecule has 0 spiro atoms. The van der Waals surface area contributed by atoms with Crippen LogP contribution in [0.25, 0.3) is 22.0 Å². The maximum atomic E-state index is 10.6. The molecule has 4 nitrogen and oxygen atoms in total. The van der Waals surface area contributed by atoms with Crippen molar-refractivity contribution in [1.29, 1.82) is 0 Å². The van der Waals surface area contributed by atoms with Crippen LogP contribution in [0.1, 0.15) is 22.8 Å². The number of aldehydes is 1. The Labute approximate surface area is 164 Å². The minimum absolute atomic E-state index is 0.758. The Bertz CT molecular complexity index is 1090. The highest BCUT2D eigenvalue weighted by Gasteiger charge is 2.03. The summed E-state index contributed by atoms with van der Waals surface area (Å²) >= 11 is 0. The Morgan fingerprint density at radius 2 is 1.50 bits per heavy atom. The summed E-state index contributed by atoms with van der Waals surface area (Å²) in [5.74, 6) is 5.24. The van der Waals surface area contributed by atoms with E-state index in [4.69, 9.17) is 5.84 Å². The molecule has 0 bridgehead atoms. The van der Waals surface area contributed by atoms with E-state index in [-0.39, 0.29) is 0 Å². The fourth-order valence-corrected chi connectivity index (χ4v) is 3.08. The molecule has 0 aliphatic carbocycles. The molecule has 0 fully saturated rings. The SMILES string of the molecule is CC(=NN)c1ccc(-c2ccccc2)cc1.Cn1cc(C=O)c2ccccc21. The van der Waals surface area contributed by atoms with Crippen LogP contribution in [-0.4, -0.2) is 16.6 Å². The fraction of sp³-hybridized carbons (Fsp3) is 0.0833. The molecule has 28 heavy (non-hydrogen) atoms. The maximum Gasteiger partial charge on any atom is 0.152 e. The predicted molar refractivity (Wildman–Crippen MR) is 117 cm³/mol. The summed E-state index contributed by atoms with van der Waals surface area (Å²) < 4.78 is 1.96. The molecule has 4 rings (SSSR count). The van der Waals surface area contributed by atoms with Gasteiger partial charge in [-0.05, 0) is 29.7 Å². The van der Waals surface area contributed by atoms with Gasteiger partial charge in [0.15, 0.2) is 6.29 Å². The molecule has 4 aromatic rings. The number of nitrogens with zero attached hydrogens (tertiary/aromatic N) is 2. The van der Waals surface area contributed by atoms with Gasteiger partial charge in [0.2, 0.25) is 0 Å². The highest BCUT2D eigenvalue weighted by molar-refractivity contribution is 5.99. The molecule has 0 unspecified atom stereocenters. The average molecular weight is 369 g/mol. The standard InChI is InChI=1S/C14H14N2.C10H9NO/c1-11(16-15)12-7-9-14(10-8-12)13-5-3-2-4-6-13;1-11-6-8(7-12)9-4-2-3-5-10(9)11/h2-10H,15H2,1H3;2-7H,1H3. The van der Waals surface area contributed by atoms with Crippen LogP contribution in [0.4, 0.5) is 0 Å². The smallest absolute Gasteiger partial charge is 0.152 e. The van der Waals surface area contributed by atoms with E-state index in [9.17, 15) is 4.79 Å². The molecule has 1 aromatic heterocycles. The first-order valence-electron chi connectivity index (χ1n) is 9.03. The van der Waals surface area contributed by atoms with Crippen molar-refractivity contribution in [3.05, 3.63) is 96.2 Å². The normalized spacial score (nSPS) is 11.0. The first-order valence-corrected chi connectivity index (χ1v) is 9.03. The summed E-state index contributed by atoms with van der Waals surface area (Å²) in [6.45, 7) is 1.90. The van der Waals surface area contributed by atoms with E-state index in [1.165, 1.54) is 11.1 Å². The highest BCUT2D eigenvalue weighted by atomic mass is 16.1. The predicted octanol–water partition coefficient (Wildman–Crippen LogP) is 5.03. The summed E-state index contributed by atoms with van der Waals surface area (Å²) in [5.41, 5.74) is 6.18. The van der Waals surface area contributed by atoms with Crippen molar-refractivity contribution in [2.45, 2.75) is 6.92 Å². The van der Waals surface area contributed by atoms with Crippen LogP contribution >= 0.6 is 0 Å². The number of rotatable bonds is 3. The average Bonchev–Trinajstić information content (AvgIpc) is 3.10. The Balaban J connectivity index is 0.000000167. The van der Waals surface area contributed by atoms with Gasteiger partial charge in [-0.25, -0.2) is 0 Å². The minimum atomic E-state index is 0.758. The van der Waals surface area contributed by atoms with Crippen molar-refractivity contribution < 1.29 is 4.79 Å². The lowest BCUT2D eigenvalue weighted by Gasteiger charge is -2.03. The fourth-order valence-electron chi connectivity index (χ4n) is 3.08. The first kappa shape index (κ1) is 19.1. The molecule has 0 saturated carbocycles. The van der Waals surface area contributed by atoms with Crippen LogP contribution in [0.15, 0.2) is 90.2 Å². The van der Waals surface area contributed by atoms with Crippen molar-refractivity contribution in [3.63, 3.8) is 0 Å². The van der Waals surface area contributed by atoms with Crippen molar-refractivity contribution >= 4 is 22.9 Å². The summed E-state index contributed by atoms with van der Waals surface area (Å²) in [6.07, 6.45) is 2.74. The summed E-state index contributed by atoms with van der Waals surface area (Å²) in [6, 6.07) is 26.4. The van der Waals surface area contributed by atoms with Crippen molar-refractivity contribution in [1.82, 2.24) is 4.57 Å². The Kier molecular flexibility index (Phi) is 6.02. The third kappa shape index (κ3) is 4.18. The number of para-hydroxylation sites is 1. The monoisotopic (exact) mass is 369 g/mol. The van der Waals surface area contributed by atoms with E-state index >= 15 is 0 Å². The van der Waals surface area contributed by atoms with E-state index < -0.39 is 0 Å². The lowest BCUT2D eigenvalue weighted by Crippen LogP contribution is -1.98. The number of aryl methyl sites for hydroxylation is 1. The zero-order valence-corrected chi connectivity index (χ0v) is 16.0. The molecule has 0 saturated heterocycles. The Morgan fingerprint density at radius 3 is 2.14 bits per heavy atom. The Hall–Kier alpha value is -3.66. The van der Waals surface area contributed by atoms with Crippen LogP contribution in [0.5, 0.6) is 0 Å². The van der Waals surface area contributed by atoms with Gasteiger partial charge in [0.05, 0.1) is 5.71 Å². The number of hydrazone groups is 1. The molecule has 0 aliphatic rings. The van der Waals surface area contributed by atoms with Crippen LogP contribution in [0.2, 0.25) is 0 Å². The molecular weight excluding hydrogens is 346 g/mol. The first-order chi connectivity index (χ1) is 13.6. The van der Waals surface area contributed by atoms with Gasteiger partial charge in [-0.3, -0.25) is 4.79 Å². The number of carbonyl (C=O) groups excluding carboxylic acids is 1. The molecule has 0 atom stereocenters. The van der Waals surface area contributed by atoms with E-state index in [1.807, 2.05) is 79.3 Å². The van der Waals surface area contributed by atoms with E-state index in [1.54, 1.807) is 0 Å². The number of nitrogens with two attached hydrogens (primary N) is 1. The van der Waals surface area contributed by atoms with Gasteiger partial charge < -0.3 is 10.4 Å². The van der Waals surface area contributed by atoms with Gasteiger partial charge in [-0.1, -0.05) is 72.8 Å². The number of aromatic nitrogens is 1. The molecule has 0 aliphatic heterocycles. The van der Waals surface area contributed by atoms with Gasteiger partial charge >= 0.3 is 0 Å². The van der Waals surface area contributed by atoms with Gasteiger partial charge in [-0.15, -0.1) is 0 Å². The van der Waals surface area contributed by atoms with Gasteiger partial charge in [-0.2, -0.15) is 5.10 Å². The molecule has 140 valence electrons. The second-order valence-electron chi connectivity index (χ2n) is 6.49. The maximum absolute atomic E-state index is 10.6. The summed E-state index contributed by atoms with van der Waals surface area (Å²) in [7, 11) is 1.94. The van der Waals surface area contributed by atoms with Crippen LogP contribution in [-0.2, 0) is 7.05 Å². The third-order valence-corrected chi connectivity index (χ3v) is 4.66. The van der Waals surface area contributed by atoms with E-state index in [2.05, 4.69) is 29.4 Å². The molecule has 2 N–H and O–H groups in total. The Morgan fingerprint density at radius 1 is 0.893 bits per heavy atom. The second kappa shape index (κ2) is 8.82. The van der Waals surface area contributed by atoms with E-state index in [0.717, 1.165) is 34.0 Å². The largest absolute Gasteiger partial charge is 0.350 e. The molecule has 0 radical (unpaired) electrons. The number of carbonyl (C=O) groups is 1. The van der Waals surface area contributed by atoms with Gasteiger partial charge in [0.25, 0.3) is 0 Å². The van der Waals surface area contributed by atoms with Crippen LogP contribution in [0.3, 0.4) is 0 Å². The molecule has 4 heteroatoms. The van der Waals surface area contributed by atoms with Crippen LogP contribution < -0.4 is 5.84 Å². The number of hydrogen-bond donors (Lipinski definition) is 1. The second-order valence-corrected chi connectivity index (χ2v) is 6.49. The van der Waals surface area contributed by atoms with Crippen LogP contribution in [0, 0.1) is 0 Å². The number of fused-ring (bicyclic) bond motifs is 1. The quantitative estimate of drug-likeness (QED) is 0.238. The summed E-state index contributed by atoms with van der Waals surface area (Å²) in [5, 5.41) is 4.70. The third-order valence-electron chi connectivity index (χ3n) is 4.66. The molecule has 3 aromatic carbocycles. The lowest BCUT2D eigenvalue weighted by molar-refractivity contribution is 0.112. The highest BCUT2D eigenvalue weighted by Crippen LogP contribution is 2.19. The molecule has 0 amide bonds. The van der Waals surface area contributed by atoms with E-state index in [0.29, 0.717) is 0 Å². The van der Waals surface area contributed by atoms with Gasteiger partial charge in [0, 0.05) is 29.7 Å². The summed E-state index contributed by atoms with van der Waals surface area (Å²) in [4.78, 5) is 10.6. The van der Waals surface area contributed by atoms with Gasteiger partial charge in [0.1, 0.15) is 0 Å². The van der Waals surface area contributed by atoms with Crippen molar-refractivity contribution in [2.75, 3.05) is 0 Å². The lowest BCUT2D eigenvalue weighted by atomic mass is 10.0. The topological polar surface area (TPSA) is 60.4 Å². The van der Waals surface area contributed by atoms with Crippen molar-refractivity contribution in [3.8, 4) is 11.1 Å². The molecular formula is C24H23N3O. The van der Waals surface area contributed by atoms with Crippen molar-refractivity contribution in [2.24, 2.45) is 18.0 Å². The zero-order chi connectivity index (χ0) is 19.9. The zero-order valence-electron chi connectivity index (χ0n) is 16.0. The number of benzene rings is 3. The minimum Gasteiger partial charge on any atom is -0.350 e. The molecule has 1 heterocycles.